The summed E-state index contributed by atoms with van der Waals surface area (Å²) in [5.74, 6) is 2.03. The van der Waals surface area contributed by atoms with Gasteiger partial charge in [-0.15, -0.1) is 0 Å². The first kappa shape index (κ1) is 14.5. The summed E-state index contributed by atoms with van der Waals surface area (Å²) in [7, 11) is 0. The first-order valence-electron chi connectivity index (χ1n) is 8.66. The molecule has 0 N–H and O–H groups in total. The quantitative estimate of drug-likeness (QED) is 0.671. The summed E-state index contributed by atoms with van der Waals surface area (Å²) < 4.78 is 11.0. The molecule has 27 heavy (non-hydrogen) atoms. The number of hydrogen-bond donors (Lipinski definition) is 0. The predicted octanol–water partition coefficient (Wildman–Crippen LogP) is 3.45. The van der Waals surface area contributed by atoms with Gasteiger partial charge in [0.25, 0.3) is 5.91 Å². The minimum absolute atomic E-state index is 0.0468. The molecule has 0 saturated heterocycles. The molecule has 0 aliphatic carbocycles. The number of amidine groups is 1. The van der Waals surface area contributed by atoms with Gasteiger partial charge in [0.1, 0.15) is 5.84 Å². The fourth-order valence-corrected chi connectivity index (χ4v) is 3.96. The Morgan fingerprint density at radius 1 is 1.00 bits per heavy atom. The summed E-state index contributed by atoms with van der Waals surface area (Å²) in [6, 6.07) is 15.0. The molecule has 1 amide bonds. The van der Waals surface area contributed by atoms with Crippen molar-refractivity contribution in [1.29, 1.82) is 0 Å². The van der Waals surface area contributed by atoms with E-state index >= 15 is 0 Å². The van der Waals surface area contributed by atoms with Crippen molar-refractivity contribution in [2.24, 2.45) is 4.99 Å². The molecule has 3 aliphatic rings. The number of pyridine rings is 1. The van der Waals surface area contributed by atoms with Crippen LogP contribution in [-0.4, -0.2) is 28.4 Å². The topological polar surface area (TPSA) is 64.0 Å². The van der Waals surface area contributed by atoms with E-state index in [1.807, 2.05) is 48.5 Å². The molecule has 2 aromatic carbocycles. The highest BCUT2D eigenvalue weighted by molar-refractivity contribution is 6.24. The lowest BCUT2D eigenvalue weighted by molar-refractivity contribution is 0.0831. The van der Waals surface area contributed by atoms with E-state index in [0.29, 0.717) is 17.1 Å². The van der Waals surface area contributed by atoms with Gasteiger partial charge in [0.2, 0.25) is 6.79 Å². The van der Waals surface area contributed by atoms with Crippen LogP contribution in [0.1, 0.15) is 33.1 Å². The highest BCUT2D eigenvalue weighted by atomic mass is 16.7. The Kier molecular flexibility index (Phi) is 2.78. The lowest BCUT2D eigenvalue weighted by Crippen LogP contribution is -2.37. The average molecular weight is 355 g/mol. The van der Waals surface area contributed by atoms with Gasteiger partial charge in [-0.05, 0) is 29.8 Å². The fourth-order valence-electron chi connectivity index (χ4n) is 3.96. The van der Waals surface area contributed by atoms with E-state index in [0.717, 1.165) is 28.1 Å². The molecule has 0 fully saturated rings. The number of carbonyl (C=O) groups is 1. The van der Waals surface area contributed by atoms with Crippen LogP contribution in [0.3, 0.4) is 0 Å². The zero-order valence-corrected chi connectivity index (χ0v) is 14.1. The van der Waals surface area contributed by atoms with E-state index < -0.39 is 0 Å². The maximum absolute atomic E-state index is 13.2. The number of fused-ring (bicyclic) bond motifs is 5. The van der Waals surface area contributed by atoms with E-state index in [2.05, 4.69) is 4.98 Å². The van der Waals surface area contributed by atoms with E-state index in [4.69, 9.17) is 14.5 Å². The second-order valence-corrected chi connectivity index (χ2v) is 6.61. The zero-order valence-electron chi connectivity index (χ0n) is 14.1. The Labute approximate surface area is 154 Å². The van der Waals surface area contributed by atoms with Gasteiger partial charge in [-0.1, -0.05) is 24.3 Å². The molecule has 3 aliphatic heterocycles. The van der Waals surface area contributed by atoms with Crippen LogP contribution in [0.5, 0.6) is 11.5 Å². The second kappa shape index (κ2) is 5.17. The summed E-state index contributed by atoms with van der Waals surface area (Å²) in [6.07, 6.45) is 3.47. The highest BCUT2D eigenvalue weighted by Gasteiger charge is 2.43. The number of aromatic nitrogens is 1. The van der Waals surface area contributed by atoms with E-state index in [-0.39, 0.29) is 18.7 Å². The largest absolute Gasteiger partial charge is 0.454 e. The molecule has 6 nitrogen and oxygen atoms in total. The number of hydrogen-bond acceptors (Lipinski definition) is 5. The molecule has 130 valence electrons. The molecule has 0 saturated carbocycles. The van der Waals surface area contributed by atoms with E-state index in [1.54, 1.807) is 17.3 Å². The average Bonchev–Trinajstić information content (AvgIpc) is 3.29. The first-order valence-corrected chi connectivity index (χ1v) is 8.66. The summed E-state index contributed by atoms with van der Waals surface area (Å²) in [6.45, 7) is 0.213. The summed E-state index contributed by atoms with van der Waals surface area (Å²) in [4.78, 5) is 24.0. The third-order valence-corrected chi connectivity index (χ3v) is 5.17. The van der Waals surface area contributed by atoms with Crippen LogP contribution >= 0.6 is 0 Å². The van der Waals surface area contributed by atoms with Crippen molar-refractivity contribution >= 4 is 17.4 Å². The smallest absolute Gasteiger partial charge is 0.261 e. The third-order valence-electron chi connectivity index (χ3n) is 5.17. The molecule has 1 unspecified atom stereocenters. The molecule has 0 bridgehead atoms. The van der Waals surface area contributed by atoms with E-state index in [1.165, 1.54) is 0 Å². The lowest BCUT2D eigenvalue weighted by Gasteiger charge is -2.33. The number of nitrogens with zero attached hydrogens (tertiary/aromatic N) is 3. The third kappa shape index (κ3) is 1.92. The van der Waals surface area contributed by atoms with Crippen molar-refractivity contribution < 1.29 is 14.3 Å². The van der Waals surface area contributed by atoms with Gasteiger partial charge in [-0.2, -0.15) is 0 Å². The van der Waals surface area contributed by atoms with Crippen LogP contribution in [0.2, 0.25) is 0 Å². The Morgan fingerprint density at radius 3 is 2.78 bits per heavy atom. The fraction of sp³-hybridized carbons (Fsp3) is 0.0952. The zero-order chi connectivity index (χ0) is 18.0. The highest BCUT2D eigenvalue weighted by Crippen LogP contribution is 2.45. The SMILES string of the molecule is O=C1c2ccccc2C2=Nc3cnccc3C(c3ccc4c(c3)OCO4)N12. The standard InChI is InChI=1S/C21H13N3O3/c25-21-14-4-2-1-3-13(14)20-23-16-10-22-8-7-15(16)19(24(20)21)12-5-6-17-18(9-12)27-11-26-17/h1-10,19H,11H2. The van der Waals surface area contributed by atoms with Crippen LogP contribution in [0, 0.1) is 0 Å². The molecule has 0 radical (unpaired) electrons. The van der Waals surface area contributed by atoms with Gasteiger partial charge < -0.3 is 9.47 Å². The van der Waals surface area contributed by atoms with Crippen LogP contribution in [0.15, 0.2) is 65.9 Å². The van der Waals surface area contributed by atoms with Crippen LogP contribution < -0.4 is 9.47 Å². The van der Waals surface area contributed by atoms with Gasteiger partial charge in [0.15, 0.2) is 11.5 Å². The predicted molar refractivity (Wildman–Crippen MR) is 97.5 cm³/mol. The number of carbonyl (C=O) groups excluding carboxylic acids is 1. The minimum atomic E-state index is -0.301. The minimum Gasteiger partial charge on any atom is -0.454 e. The summed E-state index contributed by atoms with van der Waals surface area (Å²) in [5.41, 5.74) is 4.18. The van der Waals surface area contributed by atoms with Crippen molar-refractivity contribution in [2.75, 3.05) is 6.79 Å². The Balaban J connectivity index is 1.60. The van der Waals surface area contributed by atoms with Gasteiger partial charge in [0, 0.05) is 17.3 Å². The van der Waals surface area contributed by atoms with Crippen molar-refractivity contribution in [3.63, 3.8) is 0 Å². The lowest BCUT2D eigenvalue weighted by atomic mass is 9.95. The number of amides is 1. The van der Waals surface area contributed by atoms with Gasteiger partial charge in [0.05, 0.1) is 23.5 Å². The molecule has 6 rings (SSSR count). The van der Waals surface area contributed by atoms with E-state index in [9.17, 15) is 4.79 Å². The molecular formula is C21H13N3O3. The monoisotopic (exact) mass is 355 g/mol. The Morgan fingerprint density at radius 2 is 1.85 bits per heavy atom. The number of ether oxygens (including phenoxy) is 2. The van der Waals surface area contributed by atoms with Gasteiger partial charge >= 0.3 is 0 Å². The Bertz CT molecular complexity index is 1150. The van der Waals surface area contributed by atoms with Crippen molar-refractivity contribution in [1.82, 2.24) is 9.88 Å². The van der Waals surface area contributed by atoms with Gasteiger partial charge in [-0.3, -0.25) is 14.7 Å². The van der Waals surface area contributed by atoms with Crippen molar-refractivity contribution in [2.45, 2.75) is 6.04 Å². The Hall–Kier alpha value is -3.67. The van der Waals surface area contributed by atoms with Crippen LogP contribution in [-0.2, 0) is 0 Å². The number of rotatable bonds is 1. The molecule has 0 spiro atoms. The molecular weight excluding hydrogens is 342 g/mol. The maximum atomic E-state index is 13.2. The molecule has 3 aromatic rings. The second-order valence-electron chi connectivity index (χ2n) is 6.61. The summed E-state index contributed by atoms with van der Waals surface area (Å²) in [5, 5.41) is 0. The molecule has 4 heterocycles. The summed E-state index contributed by atoms with van der Waals surface area (Å²) >= 11 is 0. The van der Waals surface area contributed by atoms with Crippen molar-refractivity contribution in [3.05, 3.63) is 83.2 Å². The van der Waals surface area contributed by atoms with Crippen molar-refractivity contribution in [3.8, 4) is 11.5 Å². The maximum Gasteiger partial charge on any atom is 0.261 e. The van der Waals surface area contributed by atoms with Crippen LogP contribution in [0.25, 0.3) is 0 Å². The molecule has 6 heteroatoms. The van der Waals surface area contributed by atoms with Crippen LogP contribution in [0.4, 0.5) is 5.69 Å². The normalized spacial score (nSPS) is 18.7. The van der Waals surface area contributed by atoms with Gasteiger partial charge in [-0.25, -0.2) is 4.99 Å². The molecule has 1 atom stereocenters. The number of aliphatic imine (C=N–C) groups is 1. The first-order chi connectivity index (χ1) is 13.3. The number of benzene rings is 2. The molecule has 1 aromatic heterocycles.